The summed E-state index contributed by atoms with van der Waals surface area (Å²) in [4.78, 5) is 17.2. The quantitative estimate of drug-likeness (QED) is 0.750. The molecule has 3 aromatic rings. The fourth-order valence-electron chi connectivity index (χ4n) is 2.85. The lowest BCUT2D eigenvalue weighted by Gasteiger charge is -2.11. The van der Waals surface area contributed by atoms with Gasteiger partial charge in [-0.2, -0.15) is 0 Å². The van der Waals surface area contributed by atoms with Crippen LogP contribution in [0.25, 0.3) is 11.0 Å². The van der Waals surface area contributed by atoms with Gasteiger partial charge in [-0.25, -0.2) is 4.98 Å². The number of aromatic nitrogens is 2. The number of hydrogen-bond donors (Lipinski definition) is 1. The van der Waals surface area contributed by atoms with E-state index in [1.165, 1.54) is 7.11 Å². The van der Waals surface area contributed by atoms with Crippen molar-refractivity contribution in [1.82, 2.24) is 14.9 Å². The van der Waals surface area contributed by atoms with Crippen molar-refractivity contribution < 1.29 is 14.3 Å². The molecule has 0 unspecified atom stereocenters. The van der Waals surface area contributed by atoms with Gasteiger partial charge in [0.1, 0.15) is 17.3 Å². The van der Waals surface area contributed by atoms with Crippen molar-refractivity contribution in [2.24, 2.45) is 0 Å². The summed E-state index contributed by atoms with van der Waals surface area (Å²) in [6.07, 6.45) is 0. The first-order chi connectivity index (χ1) is 12.2. The molecule has 0 aliphatic heterocycles. The third kappa shape index (κ3) is 3.28. The molecule has 0 saturated carbocycles. The lowest BCUT2D eigenvalue weighted by Crippen LogP contribution is -2.25. The highest BCUT2D eigenvalue weighted by Crippen LogP contribution is 2.24. The first kappa shape index (κ1) is 16.8. The van der Waals surface area contributed by atoms with Crippen LogP contribution >= 0.6 is 0 Å². The molecule has 1 aromatic heterocycles. The fraction of sp³-hybridized carbons (Fsp3) is 0.263. The summed E-state index contributed by atoms with van der Waals surface area (Å²) >= 11 is 0. The Balaban J connectivity index is 1.81. The summed E-state index contributed by atoms with van der Waals surface area (Å²) in [6.45, 7) is 3.19. The Morgan fingerprint density at radius 2 is 1.96 bits per heavy atom. The summed E-state index contributed by atoms with van der Waals surface area (Å²) < 4.78 is 12.5. The third-order valence-electron chi connectivity index (χ3n) is 4.11. The maximum atomic E-state index is 12.5. The van der Waals surface area contributed by atoms with E-state index in [4.69, 9.17) is 9.47 Å². The Hall–Kier alpha value is -3.02. The lowest BCUT2D eigenvalue weighted by atomic mass is 10.1. The van der Waals surface area contributed by atoms with E-state index < -0.39 is 0 Å². The standard InChI is InChI=1S/C19H21N3O3/c1-4-22-16-8-6-5-7-15(16)21-18(22)12-20-19(23)14-10-9-13(24-2)11-17(14)25-3/h5-11H,4,12H2,1-3H3,(H,20,23). The monoisotopic (exact) mass is 339 g/mol. The summed E-state index contributed by atoms with van der Waals surface area (Å²) in [5.74, 6) is 1.72. The van der Waals surface area contributed by atoms with Gasteiger partial charge in [-0.15, -0.1) is 0 Å². The summed E-state index contributed by atoms with van der Waals surface area (Å²) in [7, 11) is 3.10. The van der Waals surface area contributed by atoms with E-state index in [-0.39, 0.29) is 5.91 Å². The second-order valence-electron chi connectivity index (χ2n) is 5.51. The van der Waals surface area contributed by atoms with Gasteiger partial charge in [0.15, 0.2) is 0 Å². The van der Waals surface area contributed by atoms with Crippen molar-refractivity contribution in [3.8, 4) is 11.5 Å². The Kier molecular flexibility index (Phi) is 4.88. The minimum atomic E-state index is -0.214. The van der Waals surface area contributed by atoms with Gasteiger partial charge in [-0.3, -0.25) is 4.79 Å². The maximum absolute atomic E-state index is 12.5. The fourth-order valence-corrected chi connectivity index (χ4v) is 2.85. The SMILES string of the molecule is CCn1c(CNC(=O)c2ccc(OC)cc2OC)nc2ccccc21. The molecule has 0 fully saturated rings. The molecule has 0 bridgehead atoms. The van der Waals surface area contributed by atoms with E-state index in [0.29, 0.717) is 23.6 Å². The molecule has 0 spiro atoms. The number of nitrogens with one attached hydrogen (secondary N) is 1. The van der Waals surface area contributed by atoms with Crippen molar-refractivity contribution in [1.29, 1.82) is 0 Å². The van der Waals surface area contributed by atoms with Crippen LogP contribution in [0.2, 0.25) is 0 Å². The molecule has 3 rings (SSSR count). The van der Waals surface area contributed by atoms with Crippen LogP contribution < -0.4 is 14.8 Å². The Labute approximate surface area is 146 Å². The molecule has 0 saturated heterocycles. The number of nitrogens with zero attached hydrogens (tertiary/aromatic N) is 2. The average Bonchev–Trinajstić information content (AvgIpc) is 3.02. The normalized spacial score (nSPS) is 10.7. The molecule has 0 aliphatic carbocycles. The van der Waals surface area contributed by atoms with Crippen LogP contribution in [0.4, 0.5) is 0 Å². The Morgan fingerprint density at radius 3 is 2.68 bits per heavy atom. The lowest BCUT2D eigenvalue weighted by molar-refractivity contribution is 0.0946. The zero-order valence-corrected chi connectivity index (χ0v) is 14.6. The van der Waals surface area contributed by atoms with E-state index in [9.17, 15) is 4.79 Å². The molecule has 0 radical (unpaired) electrons. The number of imidazole rings is 1. The van der Waals surface area contributed by atoms with Gasteiger partial charge < -0.3 is 19.4 Å². The van der Waals surface area contributed by atoms with Crippen LogP contribution in [-0.2, 0) is 13.1 Å². The first-order valence-corrected chi connectivity index (χ1v) is 8.12. The topological polar surface area (TPSA) is 65.4 Å². The van der Waals surface area contributed by atoms with Gasteiger partial charge in [-0.1, -0.05) is 12.1 Å². The average molecular weight is 339 g/mol. The number of carbonyl (C=O) groups is 1. The minimum absolute atomic E-state index is 0.214. The molecule has 1 heterocycles. The minimum Gasteiger partial charge on any atom is -0.497 e. The molecule has 130 valence electrons. The molecule has 2 aromatic carbocycles. The van der Waals surface area contributed by atoms with Crippen LogP contribution in [-0.4, -0.2) is 29.7 Å². The van der Waals surface area contributed by atoms with Gasteiger partial charge in [0.2, 0.25) is 0 Å². The summed E-state index contributed by atoms with van der Waals surface area (Å²) in [5.41, 5.74) is 2.45. The number of benzene rings is 2. The van der Waals surface area contributed by atoms with Crippen LogP contribution in [0.3, 0.4) is 0 Å². The van der Waals surface area contributed by atoms with E-state index >= 15 is 0 Å². The van der Waals surface area contributed by atoms with Gasteiger partial charge in [0, 0.05) is 12.6 Å². The van der Waals surface area contributed by atoms with Crippen molar-refractivity contribution in [3.63, 3.8) is 0 Å². The number of hydrogen-bond acceptors (Lipinski definition) is 4. The van der Waals surface area contributed by atoms with Gasteiger partial charge in [0.05, 0.1) is 37.4 Å². The van der Waals surface area contributed by atoms with E-state index in [2.05, 4.69) is 21.8 Å². The maximum Gasteiger partial charge on any atom is 0.255 e. The van der Waals surface area contributed by atoms with E-state index in [1.807, 2.05) is 24.3 Å². The summed E-state index contributed by atoms with van der Waals surface area (Å²) in [5, 5.41) is 2.92. The highest BCUT2D eigenvalue weighted by molar-refractivity contribution is 5.97. The number of carbonyl (C=O) groups excluding carboxylic acids is 1. The molecular weight excluding hydrogens is 318 g/mol. The highest BCUT2D eigenvalue weighted by Gasteiger charge is 2.15. The third-order valence-corrected chi connectivity index (χ3v) is 4.11. The van der Waals surface area contributed by atoms with Crippen molar-refractivity contribution in [2.75, 3.05) is 14.2 Å². The Morgan fingerprint density at radius 1 is 1.16 bits per heavy atom. The second kappa shape index (κ2) is 7.25. The predicted molar refractivity (Wildman–Crippen MR) is 96.1 cm³/mol. The first-order valence-electron chi connectivity index (χ1n) is 8.12. The molecule has 1 N–H and O–H groups in total. The van der Waals surface area contributed by atoms with Gasteiger partial charge >= 0.3 is 0 Å². The smallest absolute Gasteiger partial charge is 0.255 e. The van der Waals surface area contributed by atoms with Crippen LogP contribution in [0.1, 0.15) is 23.1 Å². The van der Waals surface area contributed by atoms with Crippen molar-refractivity contribution >= 4 is 16.9 Å². The van der Waals surface area contributed by atoms with E-state index in [1.54, 1.807) is 25.3 Å². The molecule has 0 aliphatic rings. The zero-order chi connectivity index (χ0) is 17.8. The summed E-state index contributed by atoms with van der Waals surface area (Å²) in [6, 6.07) is 13.1. The van der Waals surface area contributed by atoms with Crippen LogP contribution in [0, 0.1) is 0 Å². The highest BCUT2D eigenvalue weighted by atomic mass is 16.5. The molecular formula is C19H21N3O3. The Bertz CT molecular complexity index is 902. The van der Waals surface area contributed by atoms with Crippen LogP contribution in [0.5, 0.6) is 11.5 Å². The second-order valence-corrected chi connectivity index (χ2v) is 5.51. The molecule has 25 heavy (non-hydrogen) atoms. The number of aryl methyl sites for hydroxylation is 1. The van der Waals surface area contributed by atoms with Crippen LogP contribution in [0.15, 0.2) is 42.5 Å². The largest absolute Gasteiger partial charge is 0.497 e. The number of fused-ring (bicyclic) bond motifs is 1. The van der Waals surface area contributed by atoms with Gasteiger partial charge in [-0.05, 0) is 31.2 Å². The number of rotatable bonds is 6. The molecule has 6 nitrogen and oxygen atoms in total. The van der Waals surface area contributed by atoms with Gasteiger partial charge in [0.25, 0.3) is 5.91 Å². The number of ether oxygens (including phenoxy) is 2. The molecule has 0 atom stereocenters. The van der Waals surface area contributed by atoms with Crippen molar-refractivity contribution in [2.45, 2.75) is 20.0 Å². The zero-order valence-electron chi connectivity index (χ0n) is 14.6. The molecule has 1 amide bonds. The molecule has 6 heteroatoms. The van der Waals surface area contributed by atoms with Crippen molar-refractivity contribution in [3.05, 3.63) is 53.9 Å². The number of para-hydroxylation sites is 2. The predicted octanol–water partition coefficient (Wildman–Crippen LogP) is 3.00. The number of amides is 1. The van der Waals surface area contributed by atoms with E-state index in [0.717, 1.165) is 23.4 Å². The number of methoxy groups -OCH3 is 2.